The molecule has 1 saturated carbocycles. The topological polar surface area (TPSA) is 56.1 Å². The van der Waals surface area contributed by atoms with Crippen molar-refractivity contribution in [3.63, 3.8) is 0 Å². The summed E-state index contributed by atoms with van der Waals surface area (Å²) >= 11 is 0. The molecule has 2 heterocycles. The van der Waals surface area contributed by atoms with Crippen molar-refractivity contribution in [2.45, 2.75) is 63.5 Å². The Kier molecular flexibility index (Phi) is 4.70. The first-order valence-corrected chi connectivity index (χ1v) is 9.65. The first-order chi connectivity index (χ1) is 12.7. The van der Waals surface area contributed by atoms with Crippen LogP contribution < -0.4 is 10.1 Å². The summed E-state index contributed by atoms with van der Waals surface area (Å²) in [5, 5.41) is 3.14. The molecule has 5 nitrogen and oxygen atoms in total. The third-order valence-electron chi connectivity index (χ3n) is 5.55. The Morgan fingerprint density at radius 1 is 1.38 bits per heavy atom. The molecule has 1 amide bonds. The molecular formula is C21H27N3O2. The minimum Gasteiger partial charge on any atom is -0.497 e. The van der Waals surface area contributed by atoms with E-state index < -0.39 is 0 Å². The van der Waals surface area contributed by atoms with E-state index in [0.717, 1.165) is 48.5 Å². The van der Waals surface area contributed by atoms with Gasteiger partial charge in [0.05, 0.1) is 7.11 Å². The first-order valence-electron chi connectivity index (χ1n) is 9.65. The molecule has 4 rings (SSSR count). The third-order valence-corrected chi connectivity index (χ3v) is 5.55. The van der Waals surface area contributed by atoms with Crippen molar-refractivity contribution in [3.05, 3.63) is 47.5 Å². The largest absolute Gasteiger partial charge is 0.497 e. The lowest BCUT2D eigenvalue weighted by Gasteiger charge is -2.27. The average Bonchev–Trinajstić information content (AvgIpc) is 3.35. The fourth-order valence-corrected chi connectivity index (χ4v) is 4.00. The van der Waals surface area contributed by atoms with Crippen LogP contribution in [0.2, 0.25) is 0 Å². The van der Waals surface area contributed by atoms with E-state index in [0.29, 0.717) is 18.5 Å². The Morgan fingerprint density at radius 3 is 3.00 bits per heavy atom. The van der Waals surface area contributed by atoms with E-state index in [4.69, 9.17) is 4.74 Å². The van der Waals surface area contributed by atoms with Crippen LogP contribution in [0.4, 0.5) is 0 Å². The van der Waals surface area contributed by atoms with Crippen LogP contribution in [0.25, 0.3) is 0 Å². The molecule has 0 bridgehead atoms. The summed E-state index contributed by atoms with van der Waals surface area (Å²) < 4.78 is 7.77. The van der Waals surface area contributed by atoms with Gasteiger partial charge in [-0.15, -0.1) is 0 Å². The van der Waals surface area contributed by atoms with E-state index in [1.54, 1.807) is 7.11 Å². The van der Waals surface area contributed by atoms with Crippen molar-refractivity contribution >= 4 is 5.91 Å². The summed E-state index contributed by atoms with van der Waals surface area (Å²) in [7, 11) is 1.68. The number of benzene rings is 1. The summed E-state index contributed by atoms with van der Waals surface area (Å²) in [5.41, 5.74) is 2.25. The molecular weight excluding hydrogens is 326 g/mol. The lowest BCUT2D eigenvalue weighted by atomic mass is 9.91. The second kappa shape index (κ2) is 7.14. The van der Waals surface area contributed by atoms with Gasteiger partial charge in [0.15, 0.2) is 0 Å². The van der Waals surface area contributed by atoms with Gasteiger partial charge in [-0.2, -0.15) is 0 Å². The number of aryl methyl sites for hydroxylation is 1. The van der Waals surface area contributed by atoms with Crippen molar-refractivity contribution in [1.29, 1.82) is 0 Å². The highest BCUT2D eigenvalue weighted by atomic mass is 16.5. The number of fused-ring (bicyclic) bond motifs is 1. The van der Waals surface area contributed by atoms with Crippen LogP contribution in [-0.4, -0.2) is 28.6 Å². The zero-order valence-corrected chi connectivity index (χ0v) is 15.6. The lowest BCUT2D eigenvalue weighted by molar-refractivity contribution is -0.121. The smallest absolute Gasteiger partial charge is 0.221 e. The van der Waals surface area contributed by atoms with E-state index >= 15 is 0 Å². The van der Waals surface area contributed by atoms with E-state index in [1.807, 2.05) is 24.4 Å². The summed E-state index contributed by atoms with van der Waals surface area (Å²) in [5.74, 6) is 2.08. The predicted octanol–water partition coefficient (Wildman–Crippen LogP) is 3.59. The number of amides is 1. The van der Waals surface area contributed by atoms with Crippen LogP contribution in [0.3, 0.4) is 0 Å². The monoisotopic (exact) mass is 353 g/mol. The van der Waals surface area contributed by atoms with Gasteiger partial charge >= 0.3 is 0 Å². The molecule has 26 heavy (non-hydrogen) atoms. The molecule has 0 radical (unpaired) electrons. The molecule has 1 aliphatic carbocycles. The Labute approximate surface area is 154 Å². The van der Waals surface area contributed by atoms with Gasteiger partial charge in [-0.25, -0.2) is 4.98 Å². The predicted molar refractivity (Wildman–Crippen MR) is 100 cm³/mol. The molecule has 2 aliphatic rings. The maximum absolute atomic E-state index is 12.6. The average molecular weight is 353 g/mol. The summed E-state index contributed by atoms with van der Waals surface area (Å²) in [6, 6.07) is 8.88. The number of methoxy groups -OCH3 is 1. The zero-order chi connectivity index (χ0) is 18.1. The van der Waals surface area contributed by atoms with Crippen LogP contribution in [0.5, 0.6) is 5.75 Å². The number of rotatable bonds is 6. The number of ether oxygens (including phenoxy) is 1. The molecule has 5 heteroatoms. The zero-order valence-electron chi connectivity index (χ0n) is 15.6. The van der Waals surface area contributed by atoms with E-state index in [-0.39, 0.29) is 11.8 Å². The number of carbonyl (C=O) groups is 1. The van der Waals surface area contributed by atoms with Gasteiger partial charge in [0.25, 0.3) is 0 Å². The van der Waals surface area contributed by atoms with E-state index in [9.17, 15) is 4.79 Å². The van der Waals surface area contributed by atoms with Crippen LogP contribution in [0.15, 0.2) is 30.5 Å². The number of imidazole rings is 1. The quantitative estimate of drug-likeness (QED) is 0.863. The maximum Gasteiger partial charge on any atom is 0.221 e. The second-order valence-electron chi connectivity index (χ2n) is 7.59. The molecule has 1 N–H and O–H groups in total. The number of hydrogen-bond donors (Lipinski definition) is 1. The highest BCUT2D eigenvalue weighted by Gasteiger charge is 2.30. The van der Waals surface area contributed by atoms with Gasteiger partial charge in [0.1, 0.15) is 11.6 Å². The van der Waals surface area contributed by atoms with Crippen molar-refractivity contribution in [2.24, 2.45) is 0 Å². The van der Waals surface area contributed by atoms with Gasteiger partial charge in [-0.1, -0.05) is 12.1 Å². The number of nitrogens with zero attached hydrogens (tertiary/aromatic N) is 2. The van der Waals surface area contributed by atoms with E-state index in [2.05, 4.69) is 27.9 Å². The van der Waals surface area contributed by atoms with Crippen molar-refractivity contribution in [1.82, 2.24) is 14.9 Å². The SMILES string of the molecule is COc1cccc(C(CC(=O)NC2CC2)c2cnc3n2C(C)CCC3)c1. The fourth-order valence-electron chi connectivity index (χ4n) is 4.00. The number of aromatic nitrogens is 2. The minimum atomic E-state index is -0.00866. The van der Waals surface area contributed by atoms with Crippen LogP contribution in [0.1, 0.15) is 68.1 Å². The van der Waals surface area contributed by atoms with Crippen molar-refractivity contribution in [2.75, 3.05) is 7.11 Å². The molecule has 1 aromatic carbocycles. The van der Waals surface area contributed by atoms with E-state index in [1.165, 1.54) is 6.42 Å². The van der Waals surface area contributed by atoms with Gasteiger partial charge in [-0.05, 0) is 50.3 Å². The summed E-state index contributed by atoms with van der Waals surface area (Å²) in [4.78, 5) is 17.3. The molecule has 1 aliphatic heterocycles. The van der Waals surface area contributed by atoms with Crippen molar-refractivity contribution in [3.8, 4) is 5.75 Å². The standard InChI is InChI=1S/C21H27N3O2/c1-14-5-3-8-20-22-13-19(24(14)20)18(12-21(25)23-16-9-10-16)15-6-4-7-17(11-15)26-2/h4,6-7,11,13-14,16,18H,3,5,8-10,12H2,1-2H3,(H,23,25). The van der Waals surface area contributed by atoms with Crippen LogP contribution in [0, 0.1) is 0 Å². The molecule has 0 saturated heterocycles. The fraction of sp³-hybridized carbons (Fsp3) is 0.524. The first kappa shape index (κ1) is 17.1. The van der Waals surface area contributed by atoms with Gasteiger partial charge in [-0.3, -0.25) is 4.79 Å². The molecule has 1 aromatic heterocycles. The Hall–Kier alpha value is -2.30. The maximum atomic E-state index is 12.6. The second-order valence-corrected chi connectivity index (χ2v) is 7.59. The molecule has 2 aromatic rings. The Balaban J connectivity index is 1.70. The highest BCUT2D eigenvalue weighted by molar-refractivity contribution is 5.78. The van der Waals surface area contributed by atoms with Gasteiger partial charge < -0.3 is 14.6 Å². The lowest BCUT2D eigenvalue weighted by Crippen LogP contribution is -2.28. The number of hydrogen-bond acceptors (Lipinski definition) is 3. The van der Waals surface area contributed by atoms with Crippen LogP contribution >= 0.6 is 0 Å². The van der Waals surface area contributed by atoms with Crippen LogP contribution in [-0.2, 0) is 11.2 Å². The summed E-state index contributed by atoms with van der Waals surface area (Å²) in [6.07, 6.45) is 8.00. The molecule has 1 fully saturated rings. The van der Waals surface area contributed by atoms with Gasteiger partial charge in [0.2, 0.25) is 5.91 Å². The Morgan fingerprint density at radius 2 is 2.23 bits per heavy atom. The minimum absolute atomic E-state index is 0.00866. The normalized spacial score (nSPS) is 20.3. The molecule has 2 atom stereocenters. The third kappa shape index (κ3) is 3.48. The van der Waals surface area contributed by atoms with Crippen molar-refractivity contribution < 1.29 is 9.53 Å². The molecule has 2 unspecified atom stereocenters. The summed E-state index contributed by atoms with van der Waals surface area (Å²) in [6.45, 7) is 2.25. The number of carbonyl (C=O) groups excluding carboxylic acids is 1. The molecule has 138 valence electrons. The highest BCUT2D eigenvalue weighted by Crippen LogP contribution is 2.35. The van der Waals surface area contributed by atoms with Gasteiger partial charge in [0, 0.05) is 42.7 Å². The Bertz CT molecular complexity index is 794. The number of nitrogens with one attached hydrogen (secondary N) is 1. The molecule has 0 spiro atoms.